The predicted octanol–water partition coefficient (Wildman–Crippen LogP) is 3.20. The molecule has 0 aliphatic heterocycles. The first kappa shape index (κ1) is 24.4. The number of carbonyl (C=O) groups excluding carboxylic acids is 2. The zero-order chi connectivity index (χ0) is 24.6. The van der Waals surface area contributed by atoms with Gasteiger partial charge in [-0.1, -0.05) is 18.2 Å². The van der Waals surface area contributed by atoms with Crippen LogP contribution in [0.5, 0.6) is 0 Å². The van der Waals surface area contributed by atoms with Crippen LogP contribution in [-0.2, 0) is 28.9 Å². The van der Waals surface area contributed by atoms with Crippen LogP contribution in [0.15, 0.2) is 40.8 Å². The van der Waals surface area contributed by atoms with E-state index in [-0.39, 0.29) is 24.8 Å². The zero-order valence-corrected chi connectivity index (χ0v) is 19.6. The van der Waals surface area contributed by atoms with Crippen molar-refractivity contribution in [3.05, 3.63) is 59.2 Å². The average molecular weight is 479 g/mol. The second-order valence-corrected chi connectivity index (χ2v) is 8.81. The van der Waals surface area contributed by atoms with Gasteiger partial charge in [-0.25, -0.2) is 9.78 Å². The van der Waals surface area contributed by atoms with Crippen molar-refractivity contribution in [1.29, 1.82) is 0 Å². The van der Waals surface area contributed by atoms with Gasteiger partial charge in [0.25, 0.3) is 5.89 Å². The lowest BCUT2D eigenvalue weighted by Crippen LogP contribution is -2.43. The van der Waals surface area contributed by atoms with Gasteiger partial charge in [-0.05, 0) is 75.1 Å². The maximum absolute atomic E-state index is 12.4. The van der Waals surface area contributed by atoms with E-state index in [4.69, 9.17) is 9.40 Å². The van der Waals surface area contributed by atoms with E-state index in [1.165, 1.54) is 24.1 Å². The van der Waals surface area contributed by atoms with Crippen LogP contribution >= 0.6 is 0 Å². The Kier molecular flexibility index (Phi) is 8.07. The number of benzene rings is 1. The molecule has 1 aromatic carbocycles. The van der Waals surface area contributed by atoms with Crippen molar-refractivity contribution in [1.82, 2.24) is 20.6 Å². The van der Waals surface area contributed by atoms with E-state index in [9.17, 15) is 19.5 Å². The van der Waals surface area contributed by atoms with Crippen molar-refractivity contribution in [2.24, 2.45) is 0 Å². The number of unbranched alkanes of at least 4 members (excludes halogenated alkanes) is 1. The summed E-state index contributed by atoms with van der Waals surface area (Å²) in [5, 5.41) is 14.6. The molecule has 3 N–H and O–H groups in total. The van der Waals surface area contributed by atoms with Gasteiger partial charge in [-0.3, -0.25) is 14.6 Å². The van der Waals surface area contributed by atoms with Crippen LogP contribution in [0.25, 0.3) is 11.1 Å². The predicted molar refractivity (Wildman–Crippen MR) is 129 cm³/mol. The van der Waals surface area contributed by atoms with Crippen LogP contribution < -0.4 is 10.6 Å². The minimum absolute atomic E-state index is 0.0477. The van der Waals surface area contributed by atoms with E-state index in [0.717, 1.165) is 37.8 Å². The van der Waals surface area contributed by atoms with Crippen LogP contribution in [0.1, 0.15) is 66.2 Å². The normalized spacial score (nSPS) is 13.7. The number of hydrogen-bond acceptors (Lipinski definition) is 6. The number of fused-ring (bicyclic) bond motifs is 2. The van der Waals surface area contributed by atoms with Gasteiger partial charge in [0.05, 0.1) is 0 Å². The summed E-state index contributed by atoms with van der Waals surface area (Å²) in [5.74, 6) is -2.25. The highest BCUT2D eigenvalue weighted by atomic mass is 16.4. The van der Waals surface area contributed by atoms with Gasteiger partial charge < -0.3 is 20.2 Å². The van der Waals surface area contributed by atoms with Gasteiger partial charge in [0.1, 0.15) is 11.6 Å². The van der Waals surface area contributed by atoms with Gasteiger partial charge in [0.2, 0.25) is 5.91 Å². The largest absolute Gasteiger partial charge is 0.480 e. The maximum atomic E-state index is 12.4. The first-order valence-electron chi connectivity index (χ1n) is 12.1. The maximum Gasteiger partial charge on any atom is 0.326 e. The molecule has 0 fully saturated rings. The van der Waals surface area contributed by atoms with Crippen LogP contribution in [0.2, 0.25) is 0 Å². The number of aryl methyl sites for hydroxylation is 3. The summed E-state index contributed by atoms with van der Waals surface area (Å²) in [4.78, 5) is 44.9. The Balaban J connectivity index is 1.16. The monoisotopic (exact) mass is 478 g/mol. The lowest BCUT2D eigenvalue weighted by molar-refractivity contribution is -0.139. The molecule has 0 saturated carbocycles. The van der Waals surface area contributed by atoms with Crippen molar-refractivity contribution < 1.29 is 23.9 Å². The minimum atomic E-state index is -1.19. The lowest BCUT2D eigenvalue weighted by Gasteiger charge is -2.15. The molecule has 184 valence electrons. The Morgan fingerprint density at radius 3 is 2.69 bits per heavy atom. The number of carbonyl (C=O) groups is 3. The molecule has 0 radical (unpaired) electrons. The molecule has 0 spiro atoms. The summed E-state index contributed by atoms with van der Waals surface area (Å²) in [7, 11) is 0. The van der Waals surface area contributed by atoms with Gasteiger partial charge >= 0.3 is 11.9 Å². The smallest absolute Gasteiger partial charge is 0.326 e. The minimum Gasteiger partial charge on any atom is -0.480 e. The fraction of sp³-hybridized carbons (Fsp3) is 0.423. The highest BCUT2D eigenvalue weighted by molar-refractivity contribution is 5.94. The van der Waals surface area contributed by atoms with E-state index in [1.807, 2.05) is 0 Å². The Morgan fingerprint density at radius 1 is 1.03 bits per heavy atom. The van der Waals surface area contributed by atoms with Crippen molar-refractivity contribution in [2.75, 3.05) is 6.54 Å². The van der Waals surface area contributed by atoms with Gasteiger partial charge in [0.15, 0.2) is 5.58 Å². The van der Waals surface area contributed by atoms with E-state index in [2.05, 4.69) is 27.8 Å². The summed E-state index contributed by atoms with van der Waals surface area (Å²) in [6.45, 7) is 0.135. The molecule has 1 aliphatic carbocycles. The van der Waals surface area contributed by atoms with E-state index < -0.39 is 17.9 Å². The Morgan fingerprint density at radius 2 is 1.86 bits per heavy atom. The molecule has 0 bridgehead atoms. The summed E-state index contributed by atoms with van der Waals surface area (Å²) in [6.07, 6.45) is 7.44. The number of hydrogen-bond donors (Lipinski definition) is 3. The van der Waals surface area contributed by atoms with Crippen molar-refractivity contribution in [2.45, 2.75) is 63.8 Å². The number of carboxylic acids is 1. The van der Waals surface area contributed by atoms with E-state index in [0.29, 0.717) is 17.5 Å². The first-order valence-corrected chi connectivity index (χ1v) is 12.1. The van der Waals surface area contributed by atoms with Crippen molar-refractivity contribution in [3.63, 3.8) is 0 Å². The summed E-state index contributed by atoms with van der Waals surface area (Å²) >= 11 is 0. The Bertz CT molecular complexity index is 1170. The lowest BCUT2D eigenvalue weighted by atomic mass is 9.95. The number of oxazole rings is 1. The number of carboxylic acid groups (broad SMARTS) is 1. The molecule has 1 atom stereocenters. The molecule has 9 nitrogen and oxygen atoms in total. The molecule has 1 unspecified atom stereocenters. The van der Waals surface area contributed by atoms with Crippen LogP contribution in [0.3, 0.4) is 0 Å². The Labute approximate surface area is 203 Å². The molecular weight excluding hydrogens is 448 g/mol. The van der Waals surface area contributed by atoms with Crippen LogP contribution in [0, 0.1) is 0 Å². The second kappa shape index (κ2) is 11.6. The third kappa shape index (κ3) is 6.65. The van der Waals surface area contributed by atoms with Gasteiger partial charge in [0, 0.05) is 24.4 Å². The number of nitrogens with one attached hydrogen (secondary N) is 2. The molecule has 0 saturated heterocycles. The summed E-state index contributed by atoms with van der Waals surface area (Å²) in [6, 6.07) is 9.99. The molecule has 1 aliphatic rings. The summed E-state index contributed by atoms with van der Waals surface area (Å²) < 4.78 is 5.38. The average Bonchev–Trinajstić information content (AvgIpc) is 3.30. The standard InChI is InChI=1S/C26H30N4O5/c31-23(12-6-2-8-18-14-13-17-7-1-3-9-19(17)28-18)27-16-15-21(26(33)34)29-24(32)25-30-20-10-4-5-11-22(20)35-25/h4-5,10-11,13-14,21H,1-3,6-9,12,15-16H2,(H,27,31)(H,29,32)(H,33,34). The molecule has 2 aromatic heterocycles. The molecule has 9 heteroatoms. The highest BCUT2D eigenvalue weighted by Gasteiger charge is 2.23. The van der Waals surface area contributed by atoms with Gasteiger partial charge in [-0.2, -0.15) is 0 Å². The molecule has 2 amide bonds. The third-order valence-corrected chi connectivity index (χ3v) is 6.17. The van der Waals surface area contributed by atoms with Crippen LogP contribution in [0.4, 0.5) is 0 Å². The highest BCUT2D eigenvalue weighted by Crippen LogP contribution is 2.20. The third-order valence-electron chi connectivity index (χ3n) is 6.17. The number of aromatic nitrogens is 2. The topological polar surface area (TPSA) is 134 Å². The number of amides is 2. The number of rotatable bonds is 11. The number of aliphatic carboxylic acids is 1. The molecule has 35 heavy (non-hydrogen) atoms. The van der Waals surface area contributed by atoms with Crippen LogP contribution in [-0.4, -0.2) is 45.4 Å². The SMILES string of the molecule is O=C(CCCCc1ccc2c(n1)CCCC2)NCCC(NC(=O)c1nc2ccccc2o1)C(=O)O. The molecule has 4 rings (SSSR count). The fourth-order valence-electron chi connectivity index (χ4n) is 4.25. The molecular formula is C26H30N4O5. The second-order valence-electron chi connectivity index (χ2n) is 8.81. The molecule has 3 aromatic rings. The van der Waals surface area contributed by atoms with Crippen molar-refractivity contribution in [3.8, 4) is 0 Å². The first-order chi connectivity index (χ1) is 17.0. The number of para-hydroxylation sites is 2. The molecule has 2 heterocycles. The fourth-order valence-corrected chi connectivity index (χ4v) is 4.25. The van der Waals surface area contributed by atoms with Gasteiger partial charge in [-0.15, -0.1) is 0 Å². The quantitative estimate of drug-likeness (QED) is 0.360. The van der Waals surface area contributed by atoms with E-state index >= 15 is 0 Å². The number of pyridine rings is 1. The zero-order valence-electron chi connectivity index (χ0n) is 19.6. The Hall–Kier alpha value is -3.75. The van der Waals surface area contributed by atoms with E-state index in [1.54, 1.807) is 24.3 Å². The number of nitrogens with zero attached hydrogens (tertiary/aromatic N) is 2. The summed E-state index contributed by atoms with van der Waals surface area (Å²) in [5.41, 5.74) is 4.62. The van der Waals surface area contributed by atoms with Crippen molar-refractivity contribution >= 4 is 28.9 Å².